The third-order valence-electron chi connectivity index (χ3n) is 9.51. The third-order valence-corrected chi connectivity index (χ3v) is 9.51. The Morgan fingerprint density at radius 2 is 1.66 bits per heavy atom. The highest BCUT2D eigenvalue weighted by molar-refractivity contribution is 5.85. The smallest absolute Gasteiger partial charge is 0.158 e. The molecule has 0 amide bonds. The second kappa shape index (κ2) is 13.4. The molecule has 4 aromatic rings. The molecule has 11 nitrogen and oxygen atoms in total. The molecule has 7 rings (SSSR count). The number of hydrogen-bond acceptors (Lipinski definition) is 10. The zero-order valence-corrected chi connectivity index (χ0v) is 27.1. The van der Waals surface area contributed by atoms with Crippen molar-refractivity contribution < 1.29 is 18.4 Å². The monoisotopic (exact) mass is 645 g/mol. The van der Waals surface area contributed by atoms with Crippen molar-refractivity contribution in [1.29, 1.82) is 0 Å². The normalized spacial score (nSPS) is 19.8. The first kappa shape index (κ1) is 31.3. The highest BCUT2D eigenvalue weighted by Gasteiger charge is 2.31. The van der Waals surface area contributed by atoms with E-state index in [0.29, 0.717) is 42.0 Å². The molecule has 3 saturated heterocycles. The summed E-state index contributed by atoms with van der Waals surface area (Å²) in [6, 6.07) is 9.68. The molecule has 1 N–H and O–H groups in total. The maximum Gasteiger partial charge on any atom is 0.158 e. The molecule has 0 unspecified atom stereocenters. The minimum Gasteiger partial charge on any atom is -0.494 e. The van der Waals surface area contributed by atoms with Crippen LogP contribution in [0.25, 0.3) is 11.1 Å². The fourth-order valence-corrected chi connectivity index (χ4v) is 6.99. The molecule has 47 heavy (non-hydrogen) atoms. The summed E-state index contributed by atoms with van der Waals surface area (Å²) in [5, 5.41) is 9.48. The van der Waals surface area contributed by atoms with Gasteiger partial charge in [0.15, 0.2) is 5.82 Å². The number of benzene rings is 2. The fraction of sp³-hybridized carbons (Fsp3) is 0.441. The lowest BCUT2D eigenvalue weighted by molar-refractivity contribution is 0.0982. The average Bonchev–Trinajstić information content (AvgIpc) is 3.74. The van der Waals surface area contributed by atoms with Crippen LogP contribution in [0.5, 0.6) is 5.75 Å². The van der Waals surface area contributed by atoms with Crippen molar-refractivity contribution >= 4 is 23.0 Å². The van der Waals surface area contributed by atoms with E-state index in [1.54, 1.807) is 18.2 Å². The van der Waals surface area contributed by atoms with Crippen LogP contribution in [0.15, 0.2) is 55.1 Å². The van der Waals surface area contributed by atoms with E-state index in [0.717, 1.165) is 80.7 Å². The first-order valence-corrected chi connectivity index (χ1v) is 16.2. The number of nitrogens with zero attached hydrogens (tertiary/aromatic N) is 8. The van der Waals surface area contributed by atoms with Crippen LogP contribution in [0, 0.1) is 11.6 Å². The van der Waals surface area contributed by atoms with Crippen LogP contribution < -0.4 is 20.0 Å². The SMILES string of the molecule is COc1cc(N2CCC(N3CCN(C)CC3)CC2)c(-c2cnn(C)c2)cc1Nc1cc(N2OCC[C@@H]2c2cc(F)cc(F)c2)ncn1. The van der Waals surface area contributed by atoms with Crippen LogP contribution in [0.2, 0.25) is 0 Å². The van der Waals surface area contributed by atoms with Crippen molar-refractivity contribution in [3.63, 3.8) is 0 Å². The van der Waals surface area contributed by atoms with Crippen molar-refractivity contribution in [2.45, 2.75) is 31.3 Å². The molecular formula is C34H41F2N9O2. The van der Waals surface area contributed by atoms with Gasteiger partial charge in [-0.25, -0.2) is 23.8 Å². The Bertz CT molecular complexity index is 1680. The Morgan fingerprint density at radius 1 is 0.894 bits per heavy atom. The first-order chi connectivity index (χ1) is 22.8. The predicted molar refractivity (Wildman–Crippen MR) is 177 cm³/mol. The lowest BCUT2D eigenvalue weighted by atomic mass is 9.98. The van der Waals surface area contributed by atoms with Crippen molar-refractivity contribution in [3.05, 3.63) is 72.3 Å². The Hall–Kier alpha value is -4.33. The third kappa shape index (κ3) is 6.74. The number of hydrogen-bond donors (Lipinski definition) is 1. The van der Waals surface area contributed by atoms with Crippen molar-refractivity contribution in [3.8, 4) is 16.9 Å². The largest absolute Gasteiger partial charge is 0.494 e. The molecule has 13 heteroatoms. The van der Waals surface area contributed by atoms with Gasteiger partial charge in [0, 0.05) is 100.0 Å². The number of halogens is 2. The molecule has 2 aromatic heterocycles. The highest BCUT2D eigenvalue weighted by Crippen LogP contribution is 2.42. The molecule has 248 valence electrons. The van der Waals surface area contributed by atoms with Crippen molar-refractivity contribution in [1.82, 2.24) is 29.5 Å². The van der Waals surface area contributed by atoms with Crippen LogP contribution in [-0.4, -0.2) is 95.6 Å². The van der Waals surface area contributed by atoms with E-state index in [2.05, 4.69) is 54.3 Å². The van der Waals surface area contributed by atoms with Gasteiger partial charge in [-0.3, -0.25) is 14.4 Å². The van der Waals surface area contributed by atoms with Crippen LogP contribution in [0.1, 0.15) is 30.9 Å². The van der Waals surface area contributed by atoms with E-state index >= 15 is 0 Å². The zero-order chi connectivity index (χ0) is 32.5. The van der Waals surface area contributed by atoms with Gasteiger partial charge in [-0.2, -0.15) is 5.10 Å². The van der Waals surface area contributed by atoms with E-state index in [1.807, 2.05) is 24.1 Å². The standard InChI is InChI=1S/C34H41F2N9O2/c1-41-9-11-43(12-10-41)27-4-7-44(8-5-27)31-18-32(46-3)29(17-28(31)24-20-39-42(2)21-24)40-33-19-34(38-22-37-33)45-30(6-13-47-45)23-14-25(35)16-26(36)15-23/h14-22,27,30H,4-13H2,1-3H3,(H,37,38,40)/t30-/m1/s1. The minimum atomic E-state index is -0.628. The van der Waals surface area contributed by atoms with Gasteiger partial charge in [0.1, 0.15) is 29.5 Å². The van der Waals surface area contributed by atoms with Crippen molar-refractivity contribution in [2.24, 2.45) is 7.05 Å². The number of hydroxylamine groups is 1. The predicted octanol–water partition coefficient (Wildman–Crippen LogP) is 5.01. The molecule has 3 fully saturated rings. The Kier molecular flexibility index (Phi) is 8.93. The number of piperidine rings is 1. The maximum absolute atomic E-state index is 14.0. The van der Waals surface area contributed by atoms with E-state index in [1.165, 1.54) is 18.5 Å². The van der Waals surface area contributed by atoms with E-state index < -0.39 is 17.7 Å². The summed E-state index contributed by atoms with van der Waals surface area (Å²) in [6.07, 6.45) is 8.14. The zero-order valence-electron chi connectivity index (χ0n) is 27.1. The number of aromatic nitrogens is 4. The summed E-state index contributed by atoms with van der Waals surface area (Å²) in [5.41, 5.74) is 4.38. The topological polar surface area (TPSA) is 87.1 Å². The highest BCUT2D eigenvalue weighted by atomic mass is 19.1. The van der Waals surface area contributed by atoms with Gasteiger partial charge in [-0.15, -0.1) is 0 Å². The van der Waals surface area contributed by atoms with Gasteiger partial charge in [-0.1, -0.05) is 0 Å². The lowest BCUT2D eigenvalue weighted by Gasteiger charge is -2.43. The van der Waals surface area contributed by atoms with E-state index in [-0.39, 0.29) is 0 Å². The van der Waals surface area contributed by atoms with Gasteiger partial charge in [0.05, 0.1) is 31.6 Å². The molecule has 0 radical (unpaired) electrons. The second-order valence-corrected chi connectivity index (χ2v) is 12.6. The molecule has 1 atom stereocenters. The molecular weight excluding hydrogens is 604 g/mol. The molecule has 0 saturated carbocycles. The van der Waals surface area contributed by atoms with Gasteiger partial charge in [-0.05, 0) is 43.7 Å². The van der Waals surface area contributed by atoms with Gasteiger partial charge in [0.25, 0.3) is 0 Å². The Balaban J connectivity index is 1.15. The summed E-state index contributed by atoms with van der Waals surface area (Å²) < 4.78 is 35.8. The van der Waals surface area contributed by atoms with Crippen LogP contribution in [-0.2, 0) is 11.9 Å². The molecule has 3 aliphatic rings. The molecule has 2 aromatic carbocycles. The van der Waals surface area contributed by atoms with Crippen LogP contribution in [0.3, 0.4) is 0 Å². The first-order valence-electron chi connectivity index (χ1n) is 16.2. The summed E-state index contributed by atoms with van der Waals surface area (Å²) in [4.78, 5) is 22.3. The number of piperazine rings is 1. The lowest BCUT2D eigenvalue weighted by Crippen LogP contribution is -2.52. The summed E-state index contributed by atoms with van der Waals surface area (Å²) >= 11 is 0. The Morgan fingerprint density at radius 3 is 2.36 bits per heavy atom. The fourth-order valence-electron chi connectivity index (χ4n) is 6.99. The average molecular weight is 646 g/mol. The number of aryl methyl sites for hydroxylation is 1. The van der Waals surface area contributed by atoms with E-state index in [4.69, 9.17) is 9.57 Å². The number of nitrogens with one attached hydrogen (secondary N) is 1. The Labute approximate surface area is 273 Å². The number of methoxy groups -OCH3 is 1. The summed E-state index contributed by atoms with van der Waals surface area (Å²) in [6.45, 7) is 6.84. The number of rotatable bonds is 8. The summed E-state index contributed by atoms with van der Waals surface area (Å²) in [5.74, 6) is 0.416. The number of ether oxygens (including phenoxy) is 1. The van der Waals surface area contributed by atoms with Crippen LogP contribution >= 0.6 is 0 Å². The van der Waals surface area contributed by atoms with Crippen molar-refractivity contribution in [2.75, 3.05) is 75.3 Å². The number of likely N-dealkylation sites (N-methyl/N-ethyl adjacent to an activating group) is 1. The maximum atomic E-state index is 14.0. The molecule has 0 bridgehead atoms. The molecule has 5 heterocycles. The molecule has 0 spiro atoms. The van der Waals surface area contributed by atoms with Crippen LogP contribution in [0.4, 0.5) is 31.8 Å². The second-order valence-electron chi connectivity index (χ2n) is 12.6. The number of anilines is 4. The van der Waals surface area contributed by atoms with Gasteiger partial charge >= 0.3 is 0 Å². The summed E-state index contributed by atoms with van der Waals surface area (Å²) in [7, 11) is 5.78. The van der Waals surface area contributed by atoms with Gasteiger partial charge in [0.2, 0.25) is 0 Å². The van der Waals surface area contributed by atoms with Gasteiger partial charge < -0.3 is 19.9 Å². The molecule has 3 aliphatic heterocycles. The molecule has 0 aliphatic carbocycles. The van der Waals surface area contributed by atoms with E-state index in [9.17, 15) is 8.78 Å². The minimum absolute atomic E-state index is 0.394. The quantitative estimate of drug-likeness (QED) is 0.282.